The van der Waals surface area contributed by atoms with Gasteiger partial charge in [0.2, 0.25) is 11.8 Å². The monoisotopic (exact) mass is 608 g/mol. The van der Waals surface area contributed by atoms with E-state index in [2.05, 4.69) is 0 Å². The molecule has 1 saturated heterocycles. The number of methoxy groups -OCH3 is 2. The number of amides is 2. The molecule has 5 rings (SSSR count). The largest absolute Gasteiger partial charge is 0.493 e. The number of rotatable bonds is 7. The van der Waals surface area contributed by atoms with Crippen molar-refractivity contribution in [3.63, 3.8) is 0 Å². The Morgan fingerprint density at radius 2 is 1.71 bits per heavy atom. The highest BCUT2D eigenvalue weighted by Crippen LogP contribution is 2.55. The van der Waals surface area contributed by atoms with Gasteiger partial charge < -0.3 is 14.2 Å². The van der Waals surface area contributed by atoms with E-state index in [9.17, 15) is 32.3 Å². The van der Waals surface area contributed by atoms with Gasteiger partial charge in [0.25, 0.3) is 0 Å². The average Bonchev–Trinajstić information content (AvgIpc) is 3.38. The van der Waals surface area contributed by atoms with Gasteiger partial charge in [-0.05, 0) is 36.8 Å². The maximum atomic E-state index is 14.0. The Hall–Kier alpha value is -3.78. The molecule has 2 unspecified atom stereocenters. The summed E-state index contributed by atoms with van der Waals surface area (Å²) in [5.41, 5.74) is -1.21. The quantitative estimate of drug-likeness (QED) is 0.289. The number of esters is 1. The van der Waals surface area contributed by atoms with Crippen LogP contribution in [0, 0.1) is 5.92 Å². The summed E-state index contributed by atoms with van der Waals surface area (Å²) >= 11 is 1.70. The maximum absolute atomic E-state index is 14.0. The van der Waals surface area contributed by atoms with Gasteiger partial charge >= 0.3 is 17.0 Å². The molecule has 0 aliphatic carbocycles. The molecule has 0 bridgehead atoms. The predicted molar refractivity (Wildman–Crippen MR) is 144 cm³/mol. The van der Waals surface area contributed by atoms with Gasteiger partial charge in [-0.25, -0.2) is 4.90 Å². The number of anilines is 1. The molecule has 9 nitrogen and oxygen atoms in total. The molecule has 0 N–H and O–H groups in total. The summed E-state index contributed by atoms with van der Waals surface area (Å²) in [6.07, 6.45) is -4.82. The van der Waals surface area contributed by atoms with Gasteiger partial charge in [0.15, 0.2) is 11.5 Å². The number of thiazole rings is 1. The van der Waals surface area contributed by atoms with Crippen LogP contribution in [0.2, 0.25) is 0 Å². The minimum absolute atomic E-state index is 0.0899. The smallest absolute Gasteiger partial charge is 0.418 e. The van der Waals surface area contributed by atoms with Crippen LogP contribution in [0.15, 0.2) is 52.3 Å². The molecule has 41 heavy (non-hydrogen) atoms. The van der Waals surface area contributed by atoms with E-state index in [4.69, 9.17) is 14.2 Å². The molecule has 0 radical (unpaired) electrons. The van der Waals surface area contributed by atoms with E-state index < -0.39 is 63.7 Å². The Labute approximate surface area is 239 Å². The Bertz CT molecular complexity index is 1600. The number of alkyl halides is 3. The van der Waals surface area contributed by atoms with Crippen LogP contribution in [0.25, 0.3) is 0 Å². The summed E-state index contributed by atoms with van der Waals surface area (Å²) in [6, 6.07) is 9.23. The lowest BCUT2D eigenvalue weighted by Crippen LogP contribution is -2.33. The third-order valence-electron chi connectivity index (χ3n) is 6.86. The SMILES string of the molecule is CCOC(=O)Cn1c2c(sc1=O)[C@H](c1ccc(OC)c(OC)c1)C1C(=O)N(c3ccccc3C(F)(F)F)C(=O)C1S2. The number of hydrogen-bond acceptors (Lipinski definition) is 9. The highest BCUT2D eigenvalue weighted by atomic mass is 32.2. The van der Waals surface area contributed by atoms with Crippen LogP contribution in [0.4, 0.5) is 18.9 Å². The van der Waals surface area contributed by atoms with Gasteiger partial charge in [0.1, 0.15) is 11.8 Å². The van der Waals surface area contributed by atoms with Crippen molar-refractivity contribution in [2.75, 3.05) is 25.7 Å². The lowest BCUT2D eigenvalue weighted by molar-refractivity contribution is -0.144. The number of carbonyl (C=O) groups is 3. The van der Waals surface area contributed by atoms with Crippen LogP contribution in [0.1, 0.15) is 28.8 Å². The molecular weight excluding hydrogens is 585 g/mol. The van der Waals surface area contributed by atoms with E-state index in [1.54, 1.807) is 25.1 Å². The Morgan fingerprint density at radius 3 is 2.37 bits per heavy atom. The van der Waals surface area contributed by atoms with Crippen LogP contribution in [0.3, 0.4) is 0 Å². The highest BCUT2D eigenvalue weighted by Gasteiger charge is 2.58. The maximum Gasteiger partial charge on any atom is 0.418 e. The van der Waals surface area contributed by atoms with Crippen molar-refractivity contribution in [2.24, 2.45) is 5.92 Å². The average molecular weight is 609 g/mol. The number of carbonyl (C=O) groups excluding carboxylic acids is 3. The molecule has 3 atom stereocenters. The third-order valence-corrected chi connectivity index (χ3v) is 9.46. The molecule has 2 aliphatic heterocycles. The molecule has 1 fully saturated rings. The normalized spacial score (nSPS) is 20.0. The van der Waals surface area contributed by atoms with E-state index in [0.717, 1.165) is 35.2 Å². The molecule has 1 aromatic heterocycles. The number of fused-ring (bicyclic) bond motifs is 2. The van der Waals surface area contributed by atoms with E-state index >= 15 is 0 Å². The molecule has 3 aromatic rings. The van der Waals surface area contributed by atoms with Crippen molar-refractivity contribution in [3.05, 3.63) is 68.1 Å². The first kappa shape index (κ1) is 28.7. The fourth-order valence-corrected chi connectivity index (χ4v) is 7.92. The summed E-state index contributed by atoms with van der Waals surface area (Å²) < 4.78 is 58.6. The molecule has 2 amide bonds. The first-order chi connectivity index (χ1) is 19.5. The summed E-state index contributed by atoms with van der Waals surface area (Å²) in [7, 11) is 2.86. The summed E-state index contributed by atoms with van der Waals surface area (Å²) in [5, 5.41) is -0.891. The number of nitrogens with zero attached hydrogens (tertiary/aromatic N) is 2. The zero-order valence-corrected chi connectivity index (χ0v) is 23.5. The predicted octanol–water partition coefficient (Wildman–Crippen LogP) is 4.30. The number of aromatic nitrogens is 1. The molecule has 0 saturated carbocycles. The minimum Gasteiger partial charge on any atom is -0.493 e. The van der Waals surface area contributed by atoms with Crippen LogP contribution in [-0.4, -0.2) is 48.4 Å². The van der Waals surface area contributed by atoms with Crippen molar-refractivity contribution >= 4 is 46.6 Å². The third kappa shape index (κ3) is 4.88. The standard InChI is InChI=1S/C27H23F3N2O7S2/c1-4-39-18(33)12-31-25-22(41-26(31)36)19(13-9-10-16(37-2)17(11-13)38-3)20-21(40-25)24(35)32(23(20)34)15-8-6-5-7-14(15)27(28,29)30/h5-11,19-21H,4,12H2,1-3H3/t19-,20?,21?/m1/s1. The second kappa shape index (κ2) is 10.9. The van der Waals surface area contributed by atoms with Crippen molar-refractivity contribution in [3.8, 4) is 11.5 Å². The lowest BCUT2D eigenvalue weighted by Gasteiger charge is -2.31. The van der Waals surface area contributed by atoms with Gasteiger partial charge in [-0.15, -0.1) is 0 Å². The Morgan fingerprint density at radius 1 is 1.00 bits per heavy atom. The Balaban J connectivity index is 1.69. The van der Waals surface area contributed by atoms with Gasteiger partial charge in [0.05, 0.1) is 43.0 Å². The zero-order chi connectivity index (χ0) is 29.6. The van der Waals surface area contributed by atoms with Crippen LogP contribution in [0.5, 0.6) is 11.5 Å². The van der Waals surface area contributed by atoms with Crippen LogP contribution >= 0.6 is 23.1 Å². The molecule has 14 heteroatoms. The van der Waals surface area contributed by atoms with E-state index in [1.807, 2.05) is 0 Å². The molecule has 3 heterocycles. The van der Waals surface area contributed by atoms with E-state index in [-0.39, 0.29) is 11.6 Å². The number of para-hydroxylation sites is 1. The summed E-state index contributed by atoms with van der Waals surface area (Å²) in [5.74, 6) is -3.69. The molecule has 0 spiro atoms. The lowest BCUT2D eigenvalue weighted by atomic mass is 9.83. The number of benzene rings is 2. The van der Waals surface area contributed by atoms with Gasteiger partial charge in [-0.1, -0.05) is 41.3 Å². The fourth-order valence-electron chi connectivity index (χ4n) is 5.14. The van der Waals surface area contributed by atoms with Crippen molar-refractivity contribution in [1.82, 2.24) is 4.57 Å². The van der Waals surface area contributed by atoms with Crippen molar-refractivity contribution < 1.29 is 41.8 Å². The molecular formula is C27H23F3N2O7S2. The van der Waals surface area contributed by atoms with Gasteiger partial charge in [-0.3, -0.25) is 23.7 Å². The number of halogens is 3. The second-order valence-corrected chi connectivity index (χ2v) is 11.2. The highest BCUT2D eigenvalue weighted by molar-refractivity contribution is 8.00. The molecule has 2 aromatic carbocycles. The first-order valence-electron chi connectivity index (χ1n) is 12.3. The van der Waals surface area contributed by atoms with E-state index in [1.165, 1.54) is 30.9 Å². The van der Waals surface area contributed by atoms with E-state index in [0.29, 0.717) is 26.8 Å². The van der Waals surface area contributed by atoms with Gasteiger partial charge in [0, 0.05) is 10.8 Å². The number of imide groups is 1. The van der Waals surface area contributed by atoms with Gasteiger partial charge in [-0.2, -0.15) is 13.2 Å². The van der Waals surface area contributed by atoms with Crippen LogP contribution in [-0.2, 0) is 31.8 Å². The molecule has 2 aliphatic rings. The van der Waals surface area contributed by atoms with Crippen LogP contribution < -0.4 is 19.2 Å². The topological polar surface area (TPSA) is 104 Å². The summed E-state index contributed by atoms with van der Waals surface area (Å²) in [4.78, 5) is 53.6. The number of hydrogen-bond donors (Lipinski definition) is 0. The minimum atomic E-state index is -4.82. The fraction of sp³-hybridized carbons (Fsp3) is 0.333. The number of thioether (sulfide) groups is 1. The second-order valence-electron chi connectivity index (χ2n) is 9.11. The first-order valence-corrected chi connectivity index (χ1v) is 14.0. The van der Waals surface area contributed by atoms with Crippen molar-refractivity contribution in [2.45, 2.75) is 35.8 Å². The zero-order valence-electron chi connectivity index (χ0n) is 21.9. The summed E-state index contributed by atoms with van der Waals surface area (Å²) in [6.45, 7) is 1.28. The molecule has 216 valence electrons. The Kier molecular flexibility index (Phi) is 7.64. The van der Waals surface area contributed by atoms with Crippen molar-refractivity contribution in [1.29, 1.82) is 0 Å². The number of ether oxygens (including phenoxy) is 3.